The number of sulfonamides is 1. The van der Waals surface area contributed by atoms with Gasteiger partial charge < -0.3 is 15.0 Å². The lowest BCUT2D eigenvalue weighted by atomic mass is 10.0. The Morgan fingerprint density at radius 2 is 1.62 bits per heavy atom. The molecule has 0 bridgehead atoms. The van der Waals surface area contributed by atoms with E-state index in [1.54, 1.807) is 30.3 Å². The summed E-state index contributed by atoms with van der Waals surface area (Å²) in [6.07, 6.45) is 3.77. The van der Waals surface area contributed by atoms with Crippen LogP contribution in [0.25, 0.3) is 0 Å². The lowest BCUT2D eigenvalue weighted by Gasteiger charge is -2.34. The quantitative estimate of drug-likeness (QED) is 0.169. The number of hydrogen-bond donors (Lipinski definition) is 1. The second-order valence-electron chi connectivity index (χ2n) is 12.0. The number of methoxy groups -OCH3 is 1. The molecule has 1 saturated carbocycles. The van der Waals surface area contributed by atoms with Crippen molar-refractivity contribution in [2.45, 2.75) is 62.6 Å². The van der Waals surface area contributed by atoms with Crippen LogP contribution in [0, 0.1) is 12.7 Å². The third-order valence-electron chi connectivity index (χ3n) is 8.58. The van der Waals surface area contributed by atoms with Gasteiger partial charge in [0.1, 0.15) is 24.2 Å². The van der Waals surface area contributed by atoms with Crippen molar-refractivity contribution >= 4 is 39.1 Å². The highest BCUT2D eigenvalue weighted by molar-refractivity contribution is 7.92. The Bertz CT molecular complexity index is 1830. The van der Waals surface area contributed by atoms with Gasteiger partial charge in [0.05, 0.1) is 22.7 Å². The van der Waals surface area contributed by atoms with Crippen LogP contribution in [-0.4, -0.2) is 50.9 Å². The maximum Gasteiger partial charge on any atom is 0.264 e. The van der Waals surface area contributed by atoms with Gasteiger partial charge in [-0.15, -0.1) is 0 Å². The number of hydrogen-bond acceptors (Lipinski definition) is 5. The SMILES string of the molecule is COc1ccc(N(CC(=O)N(Cc2ccccc2F)C(Cc2ccccc2)C(=O)NC2CCCC2)S(=O)(=O)c2ccc(C)cc2)cc1Cl. The summed E-state index contributed by atoms with van der Waals surface area (Å²) in [7, 11) is -2.89. The van der Waals surface area contributed by atoms with Crippen LogP contribution >= 0.6 is 11.6 Å². The molecule has 1 fully saturated rings. The molecular weight excluding hydrogens is 653 g/mol. The van der Waals surface area contributed by atoms with Crippen LogP contribution in [0.5, 0.6) is 5.75 Å². The number of aryl methyl sites for hydroxylation is 1. The van der Waals surface area contributed by atoms with Crippen molar-refractivity contribution in [3.8, 4) is 5.75 Å². The molecule has 8 nitrogen and oxygen atoms in total. The molecular formula is C37H39ClFN3O5S. The smallest absolute Gasteiger partial charge is 0.264 e. The number of carbonyl (C=O) groups excluding carboxylic acids is 2. The third kappa shape index (κ3) is 8.35. The van der Waals surface area contributed by atoms with E-state index in [1.165, 1.54) is 48.4 Å². The molecule has 0 radical (unpaired) electrons. The van der Waals surface area contributed by atoms with Crippen molar-refractivity contribution in [3.05, 3.63) is 125 Å². The summed E-state index contributed by atoms with van der Waals surface area (Å²) in [5, 5.41) is 3.26. The van der Waals surface area contributed by atoms with Crippen molar-refractivity contribution < 1.29 is 27.1 Å². The van der Waals surface area contributed by atoms with Crippen molar-refractivity contribution in [2.75, 3.05) is 18.0 Å². The molecule has 4 aromatic rings. The molecule has 4 aromatic carbocycles. The van der Waals surface area contributed by atoms with E-state index in [-0.39, 0.29) is 46.1 Å². The first-order valence-electron chi connectivity index (χ1n) is 15.9. The minimum atomic E-state index is -4.33. The summed E-state index contributed by atoms with van der Waals surface area (Å²) in [5.41, 5.74) is 1.97. The summed E-state index contributed by atoms with van der Waals surface area (Å²) in [5.74, 6) is -1.29. The third-order valence-corrected chi connectivity index (χ3v) is 10.7. The maximum atomic E-state index is 15.1. The van der Waals surface area contributed by atoms with Gasteiger partial charge in [-0.2, -0.15) is 0 Å². The number of anilines is 1. The number of halogens is 2. The molecule has 0 aliphatic heterocycles. The molecule has 11 heteroatoms. The van der Waals surface area contributed by atoms with Crippen molar-refractivity contribution in [1.82, 2.24) is 10.2 Å². The van der Waals surface area contributed by atoms with Gasteiger partial charge in [-0.25, -0.2) is 12.8 Å². The van der Waals surface area contributed by atoms with Crippen molar-refractivity contribution in [1.29, 1.82) is 0 Å². The Morgan fingerprint density at radius 3 is 2.27 bits per heavy atom. The Morgan fingerprint density at radius 1 is 0.958 bits per heavy atom. The van der Waals surface area contributed by atoms with Gasteiger partial charge in [0, 0.05) is 24.6 Å². The van der Waals surface area contributed by atoms with Crippen LogP contribution in [0.2, 0.25) is 5.02 Å². The number of nitrogens with one attached hydrogen (secondary N) is 1. The van der Waals surface area contributed by atoms with Crippen LogP contribution < -0.4 is 14.4 Å². The molecule has 0 aromatic heterocycles. The second-order valence-corrected chi connectivity index (χ2v) is 14.2. The van der Waals surface area contributed by atoms with Crippen LogP contribution in [0.4, 0.5) is 10.1 Å². The van der Waals surface area contributed by atoms with E-state index in [4.69, 9.17) is 16.3 Å². The fourth-order valence-electron chi connectivity index (χ4n) is 5.91. The van der Waals surface area contributed by atoms with Crippen LogP contribution in [0.3, 0.4) is 0 Å². The average Bonchev–Trinajstić information content (AvgIpc) is 3.59. The Balaban J connectivity index is 1.59. The first kappa shape index (κ1) is 34.9. The van der Waals surface area contributed by atoms with Gasteiger partial charge in [0.25, 0.3) is 10.0 Å². The molecule has 2 amide bonds. The number of nitrogens with zero attached hydrogens (tertiary/aromatic N) is 2. The molecule has 1 unspecified atom stereocenters. The zero-order valence-electron chi connectivity index (χ0n) is 26.9. The highest BCUT2D eigenvalue weighted by Crippen LogP contribution is 2.32. The normalized spacial score (nSPS) is 13.9. The highest BCUT2D eigenvalue weighted by Gasteiger charge is 2.36. The summed E-state index contributed by atoms with van der Waals surface area (Å²) in [6, 6.07) is 24.9. The van der Waals surface area contributed by atoms with Gasteiger partial charge >= 0.3 is 0 Å². The zero-order chi connectivity index (χ0) is 34.3. The van der Waals surface area contributed by atoms with Gasteiger partial charge in [-0.3, -0.25) is 13.9 Å². The monoisotopic (exact) mass is 691 g/mol. The minimum Gasteiger partial charge on any atom is -0.495 e. The molecule has 1 aliphatic carbocycles. The number of amides is 2. The lowest BCUT2D eigenvalue weighted by molar-refractivity contribution is -0.140. The van der Waals surface area contributed by atoms with Gasteiger partial charge in [-0.1, -0.05) is 90.7 Å². The molecule has 252 valence electrons. The molecule has 48 heavy (non-hydrogen) atoms. The van der Waals surface area contributed by atoms with E-state index < -0.39 is 34.3 Å². The van der Waals surface area contributed by atoms with Gasteiger partial charge in [0.15, 0.2) is 0 Å². The van der Waals surface area contributed by atoms with Crippen LogP contribution in [-0.2, 0) is 32.6 Å². The van der Waals surface area contributed by atoms with E-state index >= 15 is 4.39 Å². The summed E-state index contributed by atoms with van der Waals surface area (Å²) >= 11 is 6.44. The summed E-state index contributed by atoms with van der Waals surface area (Å²) in [6.45, 7) is 0.892. The van der Waals surface area contributed by atoms with E-state index in [0.29, 0.717) is 5.75 Å². The first-order chi connectivity index (χ1) is 23.1. The number of carbonyl (C=O) groups is 2. The largest absolute Gasteiger partial charge is 0.495 e. The summed E-state index contributed by atoms with van der Waals surface area (Å²) in [4.78, 5) is 30.0. The van der Waals surface area contributed by atoms with Gasteiger partial charge in [-0.05, 0) is 61.7 Å². The molecule has 1 aliphatic rings. The van der Waals surface area contributed by atoms with Crippen LogP contribution in [0.1, 0.15) is 42.4 Å². The van der Waals surface area contributed by atoms with E-state index in [2.05, 4.69) is 5.32 Å². The number of ether oxygens (including phenoxy) is 1. The number of benzene rings is 4. The van der Waals surface area contributed by atoms with E-state index in [0.717, 1.165) is 41.1 Å². The second kappa shape index (κ2) is 15.7. The topological polar surface area (TPSA) is 96.0 Å². The highest BCUT2D eigenvalue weighted by atomic mass is 35.5. The minimum absolute atomic E-state index is 0.0340. The first-order valence-corrected chi connectivity index (χ1v) is 17.7. The predicted molar refractivity (Wildman–Crippen MR) is 185 cm³/mol. The Kier molecular flexibility index (Phi) is 11.4. The molecule has 5 rings (SSSR count). The van der Waals surface area contributed by atoms with E-state index in [1.807, 2.05) is 37.3 Å². The predicted octanol–water partition coefficient (Wildman–Crippen LogP) is 6.69. The summed E-state index contributed by atoms with van der Waals surface area (Å²) < 4.78 is 49.9. The molecule has 0 spiro atoms. The standard InChI is InChI=1S/C37H39ClFN3O5S/c1-26-16-19-31(20-17-26)48(45,46)42(30-18-21-35(47-2)32(38)23-30)25-36(43)41(24-28-12-6-9-15-33(28)39)34(22-27-10-4-3-5-11-27)37(44)40-29-13-7-8-14-29/h3-6,9-12,15-21,23,29,34H,7-8,13-14,22,24-25H2,1-2H3,(H,40,44). The van der Waals surface area contributed by atoms with Gasteiger partial charge in [0.2, 0.25) is 11.8 Å². The maximum absolute atomic E-state index is 15.1. The molecule has 0 heterocycles. The fourth-order valence-corrected chi connectivity index (χ4v) is 7.57. The number of rotatable bonds is 13. The fraction of sp³-hybridized carbons (Fsp3) is 0.297. The molecule has 1 atom stereocenters. The average molecular weight is 692 g/mol. The Hall–Kier alpha value is -4.41. The van der Waals surface area contributed by atoms with E-state index in [9.17, 15) is 18.0 Å². The molecule has 1 N–H and O–H groups in total. The Labute approximate surface area is 286 Å². The zero-order valence-corrected chi connectivity index (χ0v) is 28.5. The van der Waals surface area contributed by atoms with Crippen LogP contribution in [0.15, 0.2) is 102 Å². The van der Waals surface area contributed by atoms with Crippen molar-refractivity contribution in [2.24, 2.45) is 0 Å². The lowest BCUT2D eigenvalue weighted by Crippen LogP contribution is -2.54. The van der Waals surface area contributed by atoms with Crippen molar-refractivity contribution in [3.63, 3.8) is 0 Å². The molecule has 0 saturated heterocycles.